The summed E-state index contributed by atoms with van der Waals surface area (Å²) >= 11 is 0. The molecule has 0 heterocycles. The Kier molecular flexibility index (Phi) is 2.46. The SMILES string of the molecule is CCc1cc2c(cc1OC)[C@@H](N)CC2. The molecule has 0 radical (unpaired) electrons. The number of aryl methyl sites for hydroxylation is 2. The molecule has 0 aromatic heterocycles. The smallest absolute Gasteiger partial charge is 0.122 e. The summed E-state index contributed by atoms with van der Waals surface area (Å²) in [5, 5.41) is 0. The van der Waals surface area contributed by atoms with Gasteiger partial charge in [0.05, 0.1) is 7.11 Å². The van der Waals surface area contributed by atoms with Crippen LogP contribution in [-0.2, 0) is 12.8 Å². The van der Waals surface area contributed by atoms with Crippen LogP contribution in [0.1, 0.15) is 36.1 Å². The fraction of sp³-hybridized carbons (Fsp3) is 0.500. The predicted octanol–water partition coefficient (Wildman–Crippen LogP) is 2.20. The van der Waals surface area contributed by atoms with E-state index in [1.165, 1.54) is 16.7 Å². The largest absolute Gasteiger partial charge is 0.496 e. The minimum absolute atomic E-state index is 0.213. The van der Waals surface area contributed by atoms with E-state index in [9.17, 15) is 0 Å². The molecule has 14 heavy (non-hydrogen) atoms. The van der Waals surface area contributed by atoms with Gasteiger partial charge in [-0.2, -0.15) is 0 Å². The monoisotopic (exact) mass is 191 g/mol. The zero-order valence-electron chi connectivity index (χ0n) is 8.84. The minimum Gasteiger partial charge on any atom is -0.496 e. The standard InChI is InChI=1S/C12H17NO/c1-3-8-6-9-4-5-11(13)10(9)7-12(8)14-2/h6-7,11H,3-5,13H2,1-2H3/t11-/m0/s1. The number of hydrogen-bond acceptors (Lipinski definition) is 2. The number of benzene rings is 1. The Bertz CT molecular complexity index is 346. The molecule has 0 saturated heterocycles. The summed E-state index contributed by atoms with van der Waals surface area (Å²) in [4.78, 5) is 0. The van der Waals surface area contributed by atoms with Crippen LogP contribution >= 0.6 is 0 Å². The Morgan fingerprint density at radius 2 is 2.29 bits per heavy atom. The topological polar surface area (TPSA) is 35.2 Å². The van der Waals surface area contributed by atoms with Gasteiger partial charge in [-0.15, -0.1) is 0 Å². The summed E-state index contributed by atoms with van der Waals surface area (Å²) in [7, 11) is 1.72. The Balaban J connectivity index is 2.49. The van der Waals surface area contributed by atoms with Crippen molar-refractivity contribution in [2.45, 2.75) is 32.2 Å². The highest BCUT2D eigenvalue weighted by molar-refractivity contribution is 5.46. The lowest BCUT2D eigenvalue weighted by Gasteiger charge is -2.11. The van der Waals surface area contributed by atoms with Crippen molar-refractivity contribution >= 4 is 0 Å². The Morgan fingerprint density at radius 1 is 1.50 bits per heavy atom. The maximum atomic E-state index is 6.01. The van der Waals surface area contributed by atoms with Crippen molar-refractivity contribution in [3.05, 3.63) is 28.8 Å². The summed E-state index contributed by atoms with van der Waals surface area (Å²) in [5.74, 6) is 0.989. The van der Waals surface area contributed by atoms with Crippen molar-refractivity contribution in [1.29, 1.82) is 0 Å². The van der Waals surface area contributed by atoms with Crippen molar-refractivity contribution in [3.8, 4) is 5.75 Å². The van der Waals surface area contributed by atoms with E-state index in [1.54, 1.807) is 7.11 Å². The molecule has 1 atom stereocenters. The molecule has 0 amide bonds. The molecule has 1 aliphatic rings. The maximum Gasteiger partial charge on any atom is 0.122 e. The van der Waals surface area contributed by atoms with E-state index in [2.05, 4.69) is 19.1 Å². The number of nitrogens with two attached hydrogens (primary N) is 1. The van der Waals surface area contributed by atoms with Crippen LogP contribution in [0, 0.1) is 0 Å². The Hall–Kier alpha value is -1.02. The molecule has 2 heteroatoms. The average Bonchev–Trinajstić information content (AvgIpc) is 2.58. The van der Waals surface area contributed by atoms with Gasteiger partial charge < -0.3 is 10.5 Å². The van der Waals surface area contributed by atoms with Crippen LogP contribution in [0.4, 0.5) is 0 Å². The van der Waals surface area contributed by atoms with Crippen LogP contribution in [0.15, 0.2) is 12.1 Å². The quantitative estimate of drug-likeness (QED) is 0.777. The van der Waals surface area contributed by atoms with Crippen LogP contribution in [0.25, 0.3) is 0 Å². The summed E-state index contributed by atoms with van der Waals surface area (Å²) in [6.07, 6.45) is 3.21. The molecule has 2 rings (SSSR count). The molecule has 1 aromatic carbocycles. The second-order valence-electron chi connectivity index (χ2n) is 3.86. The van der Waals surface area contributed by atoms with Crippen LogP contribution in [0.3, 0.4) is 0 Å². The van der Waals surface area contributed by atoms with Crippen molar-refractivity contribution < 1.29 is 4.74 Å². The molecule has 0 saturated carbocycles. The molecule has 0 aliphatic heterocycles. The molecular weight excluding hydrogens is 174 g/mol. The molecule has 2 N–H and O–H groups in total. The first-order valence-electron chi connectivity index (χ1n) is 5.21. The molecule has 1 aliphatic carbocycles. The van der Waals surface area contributed by atoms with Gasteiger partial charge in [-0.05, 0) is 42.0 Å². The van der Waals surface area contributed by atoms with E-state index < -0.39 is 0 Å². The zero-order chi connectivity index (χ0) is 10.1. The van der Waals surface area contributed by atoms with E-state index in [0.717, 1.165) is 25.0 Å². The predicted molar refractivity (Wildman–Crippen MR) is 57.6 cm³/mol. The van der Waals surface area contributed by atoms with Crippen LogP contribution in [0.2, 0.25) is 0 Å². The van der Waals surface area contributed by atoms with Gasteiger partial charge in [-0.25, -0.2) is 0 Å². The third-order valence-corrected chi connectivity index (χ3v) is 3.05. The number of rotatable bonds is 2. The van der Waals surface area contributed by atoms with Gasteiger partial charge in [0.25, 0.3) is 0 Å². The minimum atomic E-state index is 0.213. The molecule has 2 nitrogen and oxygen atoms in total. The summed E-state index contributed by atoms with van der Waals surface area (Å²) in [6.45, 7) is 2.15. The van der Waals surface area contributed by atoms with Crippen LogP contribution < -0.4 is 10.5 Å². The first-order valence-corrected chi connectivity index (χ1v) is 5.21. The summed E-state index contributed by atoms with van der Waals surface area (Å²) in [6, 6.07) is 4.58. The lowest BCUT2D eigenvalue weighted by atomic mass is 10.0. The van der Waals surface area contributed by atoms with Gasteiger partial charge in [0.1, 0.15) is 5.75 Å². The van der Waals surface area contributed by atoms with Crippen LogP contribution in [-0.4, -0.2) is 7.11 Å². The summed E-state index contributed by atoms with van der Waals surface area (Å²) < 4.78 is 5.35. The Morgan fingerprint density at radius 3 is 2.93 bits per heavy atom. The fourth-order valence-corrected chi connectivity index (χ4v) is 2.19. The third kappa shape index (κ3) is 1.40. The van der Waals surface area contributed by atoms with Gasteiger partial charge in [-0.1, -0.05) is 13.0 Å². The normalized spacial score (nSPS) is 19.5. The molecule has 0 bridgehead atoms. The van der Waals surface area contributed by atoms with Gasteiger partial charge in [-0.3, -0.25) is 0 Å². The molecular formula is C12H17NO. The van der Waals surface area contributed by atoms with Crippen LogP contribution in [0.5, 0.6) is 5.75 Å². The van der Waals surface area contributed by atoms with Gasteiger partial charge in [0, 0.05) is 6.04 Å². The third-order valence-electron chi connectivity index (χ3n) is 3.05. The number of hydrogen-bond donors (Lipinski definition) is 1. The zero-order valence-corrected chi connectivity index (χ0v) is 8.84. The molecule has 0 spiro atoms. The van der Waals surface area contributed by atoms with Crippen molar-refractivity contribution in [3.63, 3.8) is 0 Å². The van der Waals surface area contributed by atoms with E-state index in [1.807, 2.05) is 0 Å². The van der Waals surface area contributed by atoms with E-state index in [4.69, 9.17) is 10.5 Å². The van der Waals surface area contributed by atoms with E-state index in [-0.39, 0.29) is 6.04 Å². The lowest BCUT2D eigenvalue weighted by molar-refractivity contribution is 0.409. The van der Waals surface area contributed by atoms with Crippen molar-refractivity contribution in [2.75, 3.05) is 7.11 Å². The highest BCUT2D eigenvalue weighted by Crippen LogP contribution is 2.34. The fourth-order valence-electron chi connectivity index (χ4n) is 2.19. The van der Waals surface area contributed by atoms with Crippen molar-refractivity contribution in [1.82, 2.24) is 0 Å². The van der Waals surface area contributed by atoms with Crippen molar-refractivity contribution in [2.24, 2.45) is 5.73 Å². The summed E-state index contributed by atoms with van der Waals surface area (Å²) in [5.41, 5.74) is 9.99. The second-order valence-corrected chi connectivity index (χ2v) is 3.86. The number of ether oxygens (including phenoxy) is 1. The maximum absolute atomic E-state index is 6.01. The number of methoxy groups -OCH3 is 1. The number of fused-ring (bicyclic) bond motifs is 1. The van der Waals surface area contributed by atoms with Gasteiger partial charge in [0.2, 0.25) is 0 Å². The lowest BCUT2D eigenvalue weighted by Crippen LogP contribution is -2.05. The highest BCUT2D eigenvalue weighted by Gasteiger charge is 2.20. The molecule has 0 fully saturated rings. The Labute approximate surface area is 85.1 Å². The molecule has 0 unspecified atom stereocenters. The first-order chi connectivity index (χ1) is 6.76. The average molecular weight is 191 g/mol. The van der Waals surface area contributed by atoms with E-state index in [0.29, 0.717) is 0 Å². The van der Waals surface area contributed by atoms with Gasteiger partial charge >= 0.3 is 0 Å². The van der Waals surface area contributed by atoms with Gasteiger partial charge in [0.15, 0.2) is 0 Å². The first kappa shape index (κ1) is 9.53. The van der Waals surface area contributed by atoms with E-state index >= 15 is 0 Å². The second kappa shape index (κ2) is 3.62. The molecule has 1 aromatic rings. The molecule has 76 valence electrons. The highest BCUT2D eigenvalue weighted by atomic mass is 16.5.